The first-order chi connectivity index (χ1) is 8.49. The highest BCUT2D eigenvalue weighted by Crippen LogP contribution is 2.24. The van der Waals surface area contributed by atoms with Crippen molar-refractivity contribution in [3.05, 3.63) is 28.2 Å². The molecule has 6 heteroatoms. The minimum atomic E-state index is -3.12. The van der Waals surface area contributed by atoms with Crippen LogP contribution in [0.2, 0.25) is 0 Å². The van der Waals surface area contributed by atoms with Crippen molar-refractivity contribution in [2.24, 2.45) is 0 Å². The van der Waals surface area contributed by atoms with Gasteiger partial charge in [0.2, 0.25) is 0 Å². The van der Waals surface area contributed by atoms with Gasteiger partial charge in [-0.1, -0.05) is 6.07 Å². The monoisotopic (exact) mass is 333 g/mol. The average Bonchev–Trinajstić information content (AvgIpc) is 2.35. The molecule has 18 heavy (non-hydrogen) atoms. The first-order valence-corrected chi connectivity index (χ1v) is 8.33. The van der Waals surface area contributed by atoms with Crippen molar-refractivity contribution in [3.63, 3.8) is 0 Å². The van der Waals surface area contributed by atoms with Crippen LogP contribution in [-0.2, 0) is 20.3 Å². The van der Waals surface area contributed by atoms with E-state index in [0.717, 1.165) is 10.0 Å². The number of halogens is 1. The first-order valence-electron chi connectivity index (χ1n) is 5.82. The Bertz CT molecular complexity index is 524. The van der Waals surface area contributed by atoms with E-state index in [0.29, 0.717) is 31.7 Å². The summed E-state index contributed by atoms with van der Waals surface area (Å²) in [5, 5.41) is -0.281. The molecule has 0 aromatic heterocycles. The zero-order valence-electron chi connectivity index (χ0n) is 9.93. The Labute approximate surface area is 116 Å². The van der Waals surface area contributed by atoms with Crippen molar-refractivity contribution < 1.29 is 13.2 Å². The second-order valence-corrected chi connectivity index (χ2v) is 7.61. The van der Waals surface area contributed by atoms with Crippen LogP contribution >= 0.6 is 15.9 Å². The Hall–Kier alpha value is -0.590. The lowest BCUT2D eigenvalue weighted by Crippen LogP contribution is -2.29. The fourth-order valence-corrected chi connectivity index (χ4v) is 4.11. The van der Waals surface area contributed by atoms with Crippen LogP contribution in [0.25, 0.3) is 0 Å². The number of benzene rings is 1. The Morgan fingerprint density at radius 3 is 2.61 bits per heavy atom. The van der Waals surface area contributed by atoms with E-state index in [2.05, 4.69) is 15.9 Å². The van der Waals surface area contributed by atoms with Gasteiger partial charge in [-0.25, -0.2) is 8.42 Å². The number of nitrogen functional groups attached to an aromatic ring is 1. The van der Waals surface area contributed by atoms with Crippen molar-refractivity contribution in [2.75, 3.05) is 18.9 Å². The number of hydrogen-bond acceptors (Lipinski definition) is 4. The van der Waals surface area contributed by atoms with E-state index in [-0.39, 0.29) is 11.0 Å². The standard InChI is InChI=1S/C12H16BrNO3S/c13-11-2-1-9(7-12(11)14)8-18(15,16)10-3-5-17-6-4-10/h1-2,7,10H,3-6,8,14H2. The van der Waals surface area contributed by atoms with E-state index >= 15 is 0 Å². The summed E-state index contributed by atoms with van der Waals surface area (Å²) in [6.07, 6.45) is 1.18. The van der Waals surface area contributed by atoms with Gasteiger partial charge in [0, 0.05) is 23.4 Å². The molecule has 0 bridgehead atoms. The third-order valence-electron chi connectivity index (χ3n) is 3.10. The SMILES string of the molecule is Nc1cc(CS(=O)(=O)C2CCOCC2)ccc1Br. The van der Waals surface area contributed by atoms with E-state index in [1.165, 1.54) is 0 Å². The van der Waals surface area contributed by atoms with Gasteiger partial charge in [-0.2, -0.15) is 0 Å². The molecule has 1 heterocycles. The molecule has 0 radical (unpaired) electrons. The highest BCUT2D eigenvalue weighted by atomic mass is 79.9. The number of sulfone groups is 1. The van der Waals surface area contributed by atoms with Crippen LogP contribution in [0.4, 0.5) is 5.69 Å². The molecule has 100 valence electrons. The summed E-state index contributed by atoms with van der Waals surface area (Å²) in [7, 11) is -3.12. The van der Waals surface area contributed by atoms with Crippen LogP contribution in [0.5, 0.6) is 0 Å². The van der Waals surface area contributed by atoms with Gasteiger partial charge in [0.1, 0.15) is 0 Å². The quantitative estimate of drug-likeness (QED) is 0.860. The molecule has 1 saturated heterocycles. The van der Waals surface area contributed by atoms with Crippen molar-refractivity contribution in [3.8, 4) is 0 Å². The second-order valence-electron chi connectivity index (χ2n) is 4.47. The largest absolute Gasteiger partial charge is 0.398 e. The Morgan fingerprint density at radius 2 is 2.00 bits per heavy atom. The van der Waals surface area contributed by atoms with E-state index in [4.69, 9.17) is 10.5 Å². The number of anilines is 1. The maximum absolute atomic E-state index is 12.2. The van der Waals surface area contributed by atoms with Crippen LogP contribution in [0.15, 0.2) is 22.7 Å². The lowest BCUT2D eigenvalue weighted by Gasteiger charge is -2.22. The highest BCUT2D eigenvalue weighted by Gasteiger charge is 2.27. The van der Waals surface area contributed by atoms with Crippen LogP contribution in [0.3, 0.4) is 0 Å². The van der Waals surface area contributed by atoms with E-state index in [1.54, 1.807) is 18.2 Å². The lowest BCUT2D eigenvalue weighted by atomic mass is 10.2. The predicted octanol–water partition coefficient (Wildman–Crippen LogP) is 2.13. The molecular formula is C12H16BrNO3S. The molecule has 1 aliphatic rings. The van der Waals surface area contributed by atoms with Gasteiger partial charge in [0.25, 0.3) is 0 Å². The fraction of sp³-hybridized carbons (Fsp3) is 0.500. The van der Waals surface area contributed by atoms with Gasteiger partial charge in [-0.3, -0.25) is 0 Å². The maximum Gasteiger partial charge on any atom is 0.157 e. The van der Waals surface area contributed by atoms with Gasteiger partial charge in [-0.15, -0.1) is 0 Å². The smallest absolute Gasteiger partial charge is 0.157 e. The summed E-state index contributed by atoms with van der Waals surface area (Å²) < 4.78 is 30.5. The molecule has 1 fully saturated rings. The maximum atomic E-state index is 12.2. The molecule has 1 aromatic rings. The van der Waals surface area contributed by atoms with Crippen molar-refractivity contribution >= 4 is 31.5 Å². The van der Waals surface area contributed by atoms with Gasteiger partial charge in [0.15, 0.2) is 9.84 Å². The van der Waals surface area contributed by atoms with Gasteiger partial charge < -0.3 is 10.5 Å². The summed E-state index contributed by atoms with van der Waals surface area (Å²) in [6, 6.07) is 5.28. The number of hydrogen-bond donors (Lipinski definition) is 1. The molecule has 0 spiro atoms. The predicted molar refractivity (Wildman–Crippen MR) is 75.0 cm³/mol. The van der Waals surface area contributed by atoms with Gasteiger partial charge in [-0.05, 0) is 46.5 Å². The topological polar surface area (TPSA) is 69.4 Å². The van der Waals surface area contributed by atoms with Gasteiger partial charge >= 0.3 is 0 Å². The minimum Gasteiger partial charge on any atom is -0.398 e. The lowest BCUT2D eigenvalue weighted by molar-refractivity contribution is 0.0983. The van der Waals surface area contributed by atoms with Crippen molar-refractivity contribution in [2.45, 2.75) is 23.8 Å². The number of rotatable bonds is 3. The summed E-state index contributed by atoms with van der Waals surface area (Å²) in [5.74, 6) is 0.0507. The molecule has 2 rings (SSSR count). The summed E-state index contributed by atoms with van der Waals surface area (Å²) >= 11 is 3.29. The fourth-order valence-electron chi connectivity index (χ4n) is 2.07. The van der Waals surface area contributed by atoms with Crippen molar-refractivity contribution in [1.29, 1.82) is 0 Å². The van der Waals surface area contributed by atoms with Crippen LogP contribution < -0.4 is 5.73 Å². The van der Waals surface area contributed by atoms with E-state index in [1.807, 2.05) is 0 Å². The zero-order chi connectivity index (χ0) is 13.2. The van der Waals surface area contributed by atoms with E-state index in [9.17, 15) is 8.42 Å². The third kappa shape index (κ3) is 3.24. The summed E-state index contributed by atoms with van der Waals surface area (Å²) in [4.78, 5) is 0. The minimum absolute atomic E-state index is 0.0507. The van der Waals surface area contributed by atoms with Crippen molar-refractivity contribution in [1.82, 2.24) is 0 Å². The Morgan fingerprint density at radius 1 is 1.33 bits per heavy atom. The molecule has 0 atom stereocenters. The summed E-state index contributed by atoms with van der Waals surface area (Å²) in [5.41, 5.74) is 7.06. The average molecular weight is 334 g/mol. The number of ether oxygens (including phenoxy) is 1. The molecule has 2 N–H and O–H groups in total. The van der Waals surface area contributed by atoms with E-state index < -0.39 is 9.84 Å². The molecule has 4 nitrogen and oxygen atoms in total. The molecule has 0 saturated carbocycles. The highest BCUT2D eigenvalue weighted by molar-refractivity contribution is 9.10. The molecule has 1 aromatic carbocycles. The number of nitrogens with two attached hydrogens (primary N) is 1. The summed E-state index contributed by atoms with van der Waals surface area (Å²) in [6.45, 7) is 1.07. The zero-order valence-corrected chi connectivity index (χ0v) is 12.3. The molecule has 0 unspecified atom stereocenters. The third-order valence-corrected chi connectivity index (χ3v) is 6.05. The molecular weight excluding hydrogens is 318 g/mol. The molecule has 0 aliphatic carbocycles. The van der Waals surface area contributed by atoms with Gasteiger partial charge in [0.05, 0.1) is 11.0 Å². The normalized spacial score (nSPS) is 17.8. The van der Waals surface area contributed by atoms with Crippen LogP contribution in [0, 0.1) is 0 Å². The Kier molecular flexibility index (Phi) is 4.29. The Balaban J connectivity index is 2.13. The van der Waals surface area contributed by atoms with Crippen LogP contribution in [0.1, 0.15) is 18.4 Å². The first kappa shape index (κ1) is 13.8. The molecule has 1 aliphatic heterocycles. The van der Waals surface area contributed by atoms with Crippen LogP contribution in [-0.4, -0.2) is 26.9 Å². The second kappa shape index (κ2) is 5.59. The molecule has 0 amide bonds.